The van der Waals surface area contributed by atoms with E-state index in [2.05, 4.69) is 34.3 Å². The Morgan fingerprint density at radius 3 is 2.64 bits per heavy atom. The average Bonchev–Trinajstić information content (AvgIpc) is 2.65. The van der Waals surface area contributed by atoms with Crippen LogP contribution in [0, 0.1) is 0 Å². The molecule has 0 fully saturated rings. The second-order valence-corrected chi connectivity index (χ2v) is 6.04. The highest BCUT2D eigenvalue weighted by atomic mass is 16.1. The van der Waals surface area contributed by atoms with Crippen molar-refractivity contribution in [1.29, 1.82) is 0 Å². The second-order valence-electron chi connectivity index (χ2n) is 6.04. The molecule has 0 saturated carbocycles. The van der Waals surface area contributed by atoms with Crippen LogP contribution in [0.25, 0.3) is 10.9 Å². The predicted molar refractivity (Wildman–Crippen MR) is 100 cm³/mol. The molecular weight excluding hydrogens is 312 g/mol. The molecular formula is C20H22N4O. The zero-order valence-electron chi connectivity index (χ0n) is 14.3. The van der Waals surface area contributed by atoms with E-state index in [1.54, 1.807) is 12.1 Å². The van der Waals surface area contributed by atoms with Gasteiger partial charge in [-0.05, 0) is 24.1 Å². The highest BCUT2D eigenvalue weighted by Gasteiger charge is 2.15. The van der Waals surface area contributed by atoms with E-state index in [4.69, 9.17) is 5.73 Å². The average molecular weight is 334 g/mol. The molecule has 128 valence electrons. The fraction of sp³-hybridized carbons (Fsp3) is 0.250. The summed E-state index contributed by atoms with van der Waals surface area (Å²) in [6.07, 6.45) is 4.71. The molecule has 5 nitrogen and oxygen atoms in total. The third kappa shape index (κ3) is 3.76. The van der Waals surface area contributed by atoms with E-state index in [-0.39, 0.29) is 6.04 Å². The zero-order valence-corrected chi connectivity index (χ0v) is 14.3. The summed E-state index contributed by atoms with van der Waals surface area (Å²) in [5.74, 6) is 0.235. The van der Waals surface area contributed by atoms with Crippen molar-refractivity contribution < 1.29 is 4.79 Å². The summed E-state index contributed by atoms with van der Waals surface area (Å²) in [7, 11) is 0. The van der Waals surface area contributed by atoms with Crippen LogP contribution in [0.3, 0.4) is 0 Å². The molecule has 3 rings (SSSR count). The highest BCUT2D eigenvalue weighted by molar-refractivity contribution is 6.06. The van der Waals surface area contributed by atoms with Gasteiger partial charge in [0.25, 0.3) is 5.91 Å². The Morgan fingerprint density at radius 2 is 1.92 bits per heavy atom. The van der Waals surface area contributed by atoms with Crippen LogP contribution in [-0.2, 0) is 0 Å². The van der Waals surface area contributed by atoms with Crippen LogP contribution in [0.5, 0.6) is 0 Å². The molecule has 5 heteroatoms. The van der Waals surface area contributed by atoms with Crippen LogP contribution in [0.2, 0.25) is 0 Å². The van der Waals surface area contributed by atoms with E-state index in [9.17, 15) is 4.79 Å². The quantitative estimate of drug-likeness (QED) is 0.682. The molecule has 0 bridgehead atoms. The molecule has 1 atom stereocenters. The van der Waals surface area contributed by atoms with Gasteiger partial charge in [0, 0.05) is 5.39 Å². The summed E-state index contributed by atoms with van der Waals surface area (Å²) in [5, 5.41) is 4.34. The first-order valence-electron chi connectivity index (χ1n) is 8.55. The van der Waals surface area contributed by atoms with Gasteiger partial charge in [0.1, 0.15) is 12.1 Å². The molecule has 1 heterocycles. The number of aromatic nitrogens is 2. The zero-order chi connectivity index (χ0) is 17.6. The topological polar surface area (TPSA) is 80.9 Å². The number of fused-ring (bicyclic) bond motifs is 1. The number of nitrogens with two attached hydrogens (primary N) is 1. The van der Waals surface area contributed by atoms with Gasteiger partial charge in [-0.1, -0.05) is 56.2 Å². The first kappa shape index (κ1) is 16.9. The number of unbranched alkanes of at least 4 members (excludes halogenated alkanes) is 1. The van der Waals surface area contributed by atoms with Crippen molar-refractivity contribution in [1.82, 2.24) is 9.97 Å². The standard InChI is InChI=1S/C20H22N4O/c1-2-3-12-17(14-8-5-4-6-9-14)24-20-16-11-7-10-15(19(21)25)18(16)22-13-23-20/h4-11,13,17H,2-3,12H2,1H3,(H2,21,25)(H,22,23,24)/t17-/m1/s1. The molecule has 0 aliphatic heterocycles. The number of carbonyl (C=O) groups excluding carboxylic acids is 1. The fourth-order valence-electron chi connectivity index (χ4n) is 2.98. The van der Waals surface area contributed by atoms with Crippen molar-refractivity contribution in [2.75, 3.05) is 5.32 Å². The van der Waals surface area contributed by atoms with Gasteiger partial charge in [0.15, 0.2) is 0 Å². The summed E-state index contributed by atoms with van der Waals surface area (Å²) in [5.41, 5.74) is 7.67. The molecule has 0 aliphatic rings. The van der Waals surface area contributed by atoms with Gasteiger partial charge in [0.2, 0.25) is 0 Å². The minimum atomic E-state index is -0.485. The lowest BCUT2D eigenvalue weighted by molar-refractivity contribution is 0.100. The summed E-state index contributed by atoms with van der Waals surface area (Å²) >= 11 is 0. The fourth-order valence-corrected chi connectivity index (χ4v) is 2.98. The molecule has 1 amide bonds. The van der Waals surface area contributed by atoms with E-state index in [1.165, 1.54) is 11.9 Å². The second kappa shape index (κ2) is 7.75. The van der Waals surface area contributed by atoms with E-state index < -0.39 is 5.91 Å². The third-order valence-corrected chi connectivity index (χ3v) is 4.29. The van der Waals surface area contributed by atoms with Gasteiger partial charge < -0.3 is 11.1 Å². The lowest BCUT2D eigenvalue weighted by Crippen LogP contribution is -2.14. The molecule has 0 radical (unpaired) electrons. The van der Waals surface area contributed by atoms with Crippen molar-refractivity contribution in [3.63, 3.8) is 0 Å². The molecule has 0 unspecified atom stereocenters. The lowest BCUT2D eigenvalue weighted by Gasteiger charge is -2.20. The minimum Gasteiger partial charge on any atom is -0.366 e. The smallest absolute Gasteiger partial charge is 0.250 e. The first-order valence-corrected chi connectivity index (χ1v) is 8.55. The largest absolute Gasteiger partial charge is 0.366 e. The Bertz CT molecular complexity index is 864. The van der Waals surface area contributed by atoms with E-state index >= 15 is 0 Å². The normalized spacial score (nSPS) is 12.0. The minimum absolute atomic E-state index is 0.150. The monoisotopic (exact) mass is 334 g/mol. The predicted octanol–water partition coefficient (Wildman–Crippen LogP) is 4.07. The van der Waals surface area contributed by atoms with Crippen LogP contribution in [0.4, 0.5) is 5.82 Å². The van der Waals surface area contributed by atoms with Gasteiger partial charge >= 0.3 is 0 Å². The van der Waals surface area contributed by atoms with E-state index in [1.807, 2.05) is 24.3 Å². The van der Waals surface area contributed by atoms with Crippen LogP contribution in [0.1, 0.15) is 48.1 Å². The number of primary amides is 1. The molecule has 0 spiro atoms. The van der Waals surface area contributed by atoms with E-state index in [0.717, 1.165) is 30.5 Å². The molecule has 3 N–H and O–H groups in total. The molecule has 3 aromatic rings. The van der Waals surface area contributed by atoms with E-state index in [0.29, 0.717) is 11.1 Å². The van der Waals surface area contributed by atoms with Crippen molar-refractivity contribution in [2.24, 2.45) is 5.73 Å². The van der Waals surface area contributed by atoms with Gasteiger partial charge in [-0.3, -0.25) is 4.79 Å². The number of amides is 1. The van der Waals surface area contributed by atoms with Gasteiger partial charge in [-0.15, -0.1) is 0 Å². The molecule has 2 aromatic carbocycles. The number of hydrogen-bond donors (Lipinski definition) is 2. The molecule has 25 heavy (non-hydrogen) atoms. The Labute approximate surface area is 147 Å². The maximum Gasteiger partial charge on any atom is 0.250 e. The number of para-hydroxylation sites is 1. The van der Waals surface area contributed by atoms with Gasteiger partial charge in [-0.25, -0.2) is 9.97 Å². The van der Waals surface area contributed by atoms with Crippen molar-refractivity contribution >= 4 is 22.6 Å². The summed E-state index contributed by atoms with van der Waals surface area (Å²) < 4.78 is 0. The molecule has 0 aliphatic carbocycles. The number of hydrogen-bond acceptors (Lipinski definition) is 4. The lowest BCUT2D eigenvalue weighted by atomic mass is 10.0. The first-order chi connectivity index (χ1) is 12.2. The molecule has 1 aromatic heterocycles. The van der Waals surface area contributed by atoms with Gasteiger partial charge in [-0.2, -0.15) is 0 Å². The summed E-state index contributed by atoms with van der Waals surface area (Å²) in [4.78, 5) is 20.3. The van der Waals surface area contributed by atoms with Crippen LogP contribution < -0.4 is 11.1 Å². The number of anilines is 1. The highest BCUT2D eigenvalue weighted by Crippen LogP contribution is 2.28. The Balaban J connectivity index is 2.00. The van der Waals surface area contributed by atoms with Crippen molar-refractivity contribution in [2.45, 2.75) is 32.2 Å². The van der Waals surface area contributed by atoms with Crippen LogP contribution in [-0.4, -0.2) is 15.9 Å². The Hall–Kier alpha value is -2.95. The maximum absolute atomic E-state index is 11.7. The number of carbonyl (C=O) groups is 1. The number of nitrogens with zero attached hydrogens (tertiary/aromatic N) is 2. The third-order valence-electron chi connectivity index (χ3n) is 4.29. The Kier molecular flexibility index (Phi) is 5.23. The number of rotatable bonds is 7. The number of benzene rings is 2. The van der Waals surface area contributed by atoms with Crippen LogP contribution in [0.15, 0.2) is 54.9 Å². The maximum atomic E-state index is 11.7. The molecule has 0 saturated heterocycles. The SMILES string of the molecule is CCCC[C@@H](Nc1ncnc2c(C(N)=O)cccc12)c1ccccc1. The van der Waals surface area contributed by atoms with Crippen molar-refractivity contribution in [3.8, 4) is 0 Å². The summed E-state index contributed by atoms with van der Waals surface area (Å²) in [6, 6.07) is 15.9. The van der Waals surface area contributed by atoms with Crippen LogP contribution >= 0.6 is 0 Å². The summed E-state index contributed by atoms with van der Waals surface area (Å²) in [6.45, 7) is 2.18. The van der Waals surface area contributed by atoms with Crippen molar-refractivity contribution in [3.05, 3.63) is 66.0 Å². The number of nitrogens with one attached hydrogen (secondary N) is 1. The Morgan fingerprint density at radius 1 is 1.12 bits per heavy atom. The van der Waals surface area contributed by atoms with Gasteiger partial charge in [0.05, 0.1) is 17.1 Å².